The Morgan fingerprint density at radius 3 is 2.47 bits per heavy atom. The summed E-state index contributed by atoms with van der Waals surface area (Å²) >= 11 is 0. The number of ketones is 1. The van der Waals surface area contributed by atoms with E-state index in [0.717, 1.165) is 69.1 Å². The lowest BCUT2D eigenvalue weighted by Gasteiger charge is -2.35. The minimum absolute atomic E-state index is 0.146. The van der Waals surface area contributed by atoms with Crippen LogP contribution in [0.2, 0.25) is 0 Å². The number of benzene rings is 1. The van der Waals surface area contributed by atoms with Gasteiger partial charge in [0.05, 0.1) is 5.52 Å². The number of nitrogens with zero attached hydrogens (tertiary/aromatic N) is 5. The Balaban J connectivity index is 1.36. The van der Waals surface area contributed by atoms with E-state index in [0.29, 0.717) is 19.3 Å². The van der Waals surface area contributed by atoms with Crippen molar-refractivity contribution in [3.63, 3.8) is 0 Å². The molecular weight excluding hydrogens is 478 g/mol. The number of hydrogen-bond acceptors (Lipinski definition) is 7. The van der Waals surface area contributed by atoms with E-state index in [-0.39, 0.29) is 17.6 Å². The number of Topliss-reactive ketones (excluding diaryl/α,β-unsaturated/α-hetero) is 1. The Hall–Kier alpha value is -3.46. The van der Waals surface area contributed by atoms with Gasteiger partial charge in [-0.3, -0.25) is 9.69 Å². The van der Waals surface area contributed by atoms with Gasteiger partial charge < -0.3 is 25.3 Å². The largest absolute Gasteiger partial charge is 0.368 e. The van der Waals surface area contributed by atoms with E-state index in [4.69, 9.17) is 5.73 Å². The molecule has 204 valence electrons. The van der Waals surface area contributed by atoms with Crippen molar-refractivity contribution in [3.8, 4) is 0 Å². The van der Waals surface area contributed by atoms with Crippen molar-refractivity contribution in [3.05, 3.63) is 47.7 Å². The minimum Gasteiger partial charge on any atom is -0.368 e. The third-order valence-corrected chi connectivity index (χ3v) is 7.10. The summed E-state index contributed by atoms with van der Waals surface area (Å²) in [6.07, 6.45) is 7.08. The number of piperazine rings is 1. The third-order valence-electron chi connectivity index (χ3n) is 7.10. The maximum Gasteiger partial charge on any atom is 0.222 e. The van der Waals surface area contributed by atoms with E-state index in [1.165, 1.54) is 24.0 Å². The molecule has 1 amide bonds. The molecule has 0 unspecified atom stereocenters. The summed E-state index contributed by atoms with van der Waals surface area (Å²) in [5.74, 6) is 1.38. The van der Waals surface area contributed by atoms with Gasteiger partial charge in [-0.1, -0.05) is 44.0 Å². The molecule has 2 aromatic heterocycles. The summed E-state index contributed by atoms with van der Waals surface area (Å²) in [5.41, 5.74) is 10.3. The maximum absolute atomic E-state index is 12.4. The minimum atomic E-state index is 0.146. The highest BCUT2D eigenvalue weighted by Gasteiger charge is 2.21. The van der Waals surface area contributed by atoms with Gasteiger partial charge in [0.2, 0.25) is 11.9 Å². The first kappa shape index (κ1) is 27.6. The van der Waals surface area contributed by atoms with Crippen LogP contribution in [0.5, 0.6) is 0 Å². The number of hydrogen-bond donors (Lipinski definition) is 2. The van der Waals surface area contributed by atoms with Crippen molar-refractivity contribution in [1.29, 1.82) is 0 Å². The Morgan fingerprint density at radius 1 is 0.974 bits per heavy atom. The number of fused-ring (bicyclic) bond motifs is 1. The molecule has 9 heteroatoms. The van der Waals surface area contributed by atoms with Gasteiger partial charge in [-0.05, 0) is 37.0 Å². The molecule has 0 saturated carbocycles. The van der Waals surface area contributed by atoms with Crippen LogP contribution in [0, 0.1) is 0 Å². The summed E-state index contributed by atoms with van der Waals surface area (Å²) in [6.45, 7) is 9.41. The van der Waals surface area contributed by atoms with Gasteiger partial charge in [0, 0.05) is 64.9 Å². The number of aromatic nitrogens is 3. The average molecular weight is 520 g/mol. The van der Waals surface area contributed by atoms with Crippen LogP contribution in [0.4, 0.5) is 11.8 Å². The van der Waals surface area contributed by atoms with E-state index in [1.54, 1.807) is 6.92 Å². The fourth-order valence-electron chi connectivity index (χ4n) is 5.04. The lowest BCUT2D eigenvalue weighted by atomic mass is 10.1. The van der Waals surface area contributed by atoms with Crippen molar-refractivity contribution in [1.82, 2.24) is 24.3 Å². The van der Waals surface area contributed by atoms with Crippen LogP contribution in [0.1, 0.15) is 63.5 Å². The molecule has 3 heterocycles. The van der Waals surface area contributed by atoms with Gasteiger partial charge >= 0.3 is 0 Å². The molecule has 4 rings (SSSR count). The highest BCUT2D eigenvalue weighted by molar-refractivity contribution is 5.87. The SMILES string of the molecule is CCCCCNc1nc(N)nc2ccn(Cc3cccc(CN4CCN(C(=O)CCCC(C)=O)CC4)c3)c12. The van der Waals surface area contributed by atoms with Gasteiger partial charge in [0.15, 0.2) is 5.82 Å². The number of nitrogens with two attached hydrogens (primary N) is 1. The van der Waals surface area contributed by atoms with Crippen molar-refractivity contribution >= 4 is 34.5 Å². The number of amides is 1. The van der Waals surface area contributed by atoms with Crippen LogP contribution >= 0.6 is 0 Å². The number of unbranched alkanes of at least 4 members (excludes halogenated alkanes) is 2. The molecule has 1 saturated heterocycles. The number of carbonyl (C=O) groups is 2. The van der Waals surface area contributed by atoms with E-state index >= 15 is 0 Å². The van der Waals surface area contributed by atoms with Gasteiger partial charge in [-0.25, -0.2) is 4.98 Å². The average Bonchev–Trinajstić information content (AvgIpc) is 3.29. The zero-order valence-corrected chi connectivity index (χ0v) is 22.8. The van der Waals surface area contributed by atoms with E-state index in [9.17, 15) is 9.59 Å². The second-order valence-electron chi connectivity index (χ2n) is 10.3. The maximum atomic E-state index is 12.4. The molecule has 0 aliphatic carbocycles. The molecule has 38 heavy (non-hydrogen) atoms. The normalized spacial score (nSPS) is 14.2. The number of anilines is 2. The monoisotopic (exact) mass is 519 g/mol. The molecule has 1 fully saturated rings. The smallest absolute Gasteiger partial charge is 0.222 e. The Morgan fingerprint density at radius 2 is 1.74 bits per heavy atom. The molecule has 1 aromatic carbocycles. The van der Waals surface area contributed by atoms with Gasteiger partial charge in [-0.15, -0.1) is 0 Å². The fraction of sp³-hybridized carbons (Fsp3) is 0.517. The van der Waals surface area contributed by atoms with Crippen LogP contribution in [0.25, 0.3) is 11.0 Å². The molecule has 0 spiro atoms. The van der Waals surface area contributed by atoms with Gasteiger partial charge in [0.1, 0.15) is 11.3 Å². The molecule has 0 atom stereocenters. The first-order chi connectivity index (χ1) is 18.4. The van der Waals surface area contributed by atoms with Crippen LogP contribution in [-0.2, 0) is 22.7 Å². The predicted octanol–water partition coefficient (Wildman–Crippen LogP) is 4.07. The lowest BCUT2D eigenvalue weighted by molar-refractivity contribution is -0.133. The van der Waals surface area contributed by atoms with Crippen molar-refractivity contribution in [2.75, 3.05) is 43.8 Å². The van der Waals surface area contributed by atoms with Gasteiger partial charge in [0.25, 0.3) is 0 Å². The third kappa shape index (κ3) is 7.54. The number of nitrogens with one attached hydrogen (secondary N) is 1. The van der Waals surface area contributed by atoms with Crippen LogP contribution in [-0.4, -0.2) is 68.7 Å². The zero-order valence-electron chi connectivity index (χ0n) is 22.8. The number of rotatable bonds is 13. The molecule has 1 aliphatic rings. The first-order valence-electron chi connectivity index (χ1n) is 13.9. The van der Waals surface area contributed by atoms with E-state index in [1.807, 2.05) is 11.0 Å². The fourth-order valence-corrected chi connectivity index (χ4v) is 5.04. The molecule has 1 aliphatic heterocycles. The quantitative estimate of drug-likeness (QED) is 0.328. The first-order valence-corrected chi connectivity index (χ1v) is 13.9. The van der Waals surface area contributed by atoms with Crippen molar-refractivity contribution in [2.45, 2.75) is 65.5 Å². The topological polar surface area (TPSA) is 109 Å². The Kier molecular flexibility index (Phi) is 9.70. The predicted molar refractivity (Wildman–Crippen MR) is 152 cm³/mol. The Bertz CT molecular complexity index is 1230. The summed E-state index contributed by atoms with van der Waals surface area (Å²) < 4.78 is 2.19. The summed E-state index contributed by atoms with van der Waals surface area (Å²) in [4.78, 5) is 36.8. The van der Waals surface area contributed by atoms with Crippen molar-refractivity contribution < 1.29 is 9.59 Å². The Labute approximate surface area is 225 Å². The molecule has 3 aromatic rings. The highest BCUT2D eigenvalue weighted by Crippen LogP contribution is 2.24. The summed E-state index contributed by atoms with van der Waals surface area (Å²) in [5, 5.41) is 3.47. The zero-order chi connectivity index (χ0) is 26.9. The lowest BCUT2D eigenvalue weighted by Crippen LogP contribution is -2.48. The van der Waals surface area contributed by atoms with Gasteiger partial charge in [-0.2, -0.15) is 4.98 Å². The summed E-state index contributed by atoms with van der Waals surface area (Å²) in [7, 11) is 0. The summed E-state index contributed by atoms with van der Waals surface area (Å²) in [6, 6.07) is 10.7. The van der Waals surface area contributed by atoms with E-state index in [2.05, 4.69) is 62.1 Å². The molecule has 0 radical (unpaired) electrons. The second kappa shape index (κ2) is 13.4. The molecule has 9 nitrogen and oxygen atoms in total. The molecule has 0 bridgehead atoms. The van der Waals surface area contributed by atoms with Crippen LogP contribution in [0.3, 0.4) is 0 Å². The standard InChI is InChI=1S/C29H41N7O2/c1-3-4-5-13-31-28-27-25(32-29(30)33-28)12-14-36(27)21-24-10-7-9-23(19-24)20-34-15-17-35(18-16-34)26(38)11-6-8-22(2)37/h7,9-10,12,14,19H,3-6,8,11,13,15-18,20-21H2,1-2H3,(H3,30,31,32,33). The number of carbonyl (C=O) groups excluding carboxylic acids is 2. The molecular formula is C29H41N7O2. The van der Waals surface area contributed by atoms with Crippen LogP contribution < -0.4 is 11.1 Å². The van der Waals surface area contributed by atoms with Crippen LogP contribution in [0.15, 0.2) is 36.5 Å². The highest BCUT2D eigenvalue weighted by atomic mass is 16.2. The van der Waals surface area contributed by atoms with E-state index < -0.39 is 0 Å². The number of nitrogen functional groups attached to an aromatic ring is 1. The van der Waals surface area contributed by atoms with Crippen molar-refractivity contribution in [2.24, 2.45) is 0 Å². The second-order valence-corrected chi connectivity index (χ2v) is 10.3. The molecule has 3 N–H and O–H groups in total.